The fourth-order valence-corrected chi connectivity index (χ4v) is 3.51. The van der Waals surface area contributed by atoms with Crippen LogP contribution in [0.15, 0.2) is 23.1 Å². The normalized spacial score (nSPS) is 12.9. The molecule has 0 aliphatic rings. The summed E-state index contributed by atoms with van der Waals surface area (Å²) >= 11 is 11.6. The third-order valence-corrected chi connectivity index (χ3v) is 4.44. The van der Waals surface area contributed by atoms with Crippen LogP contribution < -0.4 is 10.5 Å². The van der Waals surface area contributed by atoms with Crippen LogP contribution in [-0.2, 0) is 10.0 Å². The van der Waals surface area contributed by atoms with Gasteiger partial charge in [0.15, 0.2) is 0 Å². The summed E-state index contributed by atoms with van der Waals surface area (Å²) in [7, 11) is -3.73. The molecule has 0 fully saturated rings. The smallest absolute Gasteiger partial charge is 0.243 e. The van der Waals surface area contributed by atoms with Crippen molar-refractivity contribution in [3.8, 4) is 0 Å². The zero-order valence-corrected chi connectivity index (χ0v) is 12.1. The highest BCUT2D eigenvalue weighted by atomic mass is 35.5. The minimum atomic E-state index is -3.73. The Kier molecular flexibility index (Phi) is 6.76. The molecular formula is C9H13Cl3N2O2S. The number of nitrogens with one attached hydrogen (secondary N) is 1. The highest BCUT2D eigenvalue weighted by Crippen LogP contribution is 2.28. The molecule has 8 heteroatoms. The van der Waals surface area contributed by atoms with Gasteiger partial charge in [-0.1, -0.05) is 29.3 Å². The van der Waals surface area contributed by atoms with Crippen LogP contribution in [-0.4, -0.2) is 21.0 Å². The topological polar surface area (TPSA) is 72.2 Å². The van der Waals surface area contributed by atoms with E-state index in [1.807, 2.05) is 0 Å². The maximum atomic E-state index is 11.9. The maximum absolute atomic E-state index is 11.9. The second-order valence-corrected chi connectivity index (χ2v) is 5.77. The molecule has 0 aliphatic carbocycles. The first-order chi connectivity index (χ1) is 7.38. The first kappa shape index (κ1) is 17.0. The molecule has 3 N–H and O–H groups in total. The van der Waals surface area contributed by atoms with E-state index in [0.717, 1.165) is 0 Å². The summed E-state index contributed by atoms with van der Waals surface area (Å²) in [5.41, 5.74) is 5.34. The van der Waals surface area contributed by atoms with Crippen LogP contribution in [0.25, 0.3) is 0 Å². The first-order valence-corrected chi connectivity index (χ1v) is 6.79. The van der Waals surface area contributed by atoms with E-state index in [1.165, 1.54) is 12.1 Å². The summed E-state index contributed by atoms with van der Waals surface area (Å²) in [6, 6.07) is 4.14. The molecule has 98 valence electrons. The van der Waals surface area contributed by atoms with Gasteiger partial charge in [0.2, 0.25) is 10.0 Å². The fourth-order valence-electron chi connectivity index (χ4n) is 1.11. The molecule has 0 spiro atoms. The highest BCUT2D eigenvalue weighted by molar-refractivity contribution is 7.89. The van der Waals surface area contributed by atoms with Gasteiger partial charge in [0, 0.05) is 12.6 Å². The van der Waals surface area contributed by atoms with Crippen molar-refractivity contribution in [2.45, 2.75) is 17.9 Å². The lowest BCUT2D eigenvalue weighted by Crippen LogP contribution is -2.37. The number of sulfonamides is 1. The van der Waals surface area contributed by atoms with Gasteiger partial charge in [-0.25, -0.2) is 13.1 Å². The number of nitrogens with two attached hydrogens (primary N) is 1. The van der Waals surface area contributed by atoms with E-state index >= 15 is 0 Å². The Morgan fingerprint density at radius 3 is 2.24 bits per heavy atom. The Morgan fingerprint density at radius 1 is 1.35 bits per heavy atom. The predicted octanol–water partition coefficient (Wildman–Crippen LogP) is 2.04. The van der Waals surface area contributed by atoms with Gasteiger partial charge < -0.3 is 5.73 Å². The lowest BCUT2D eigenvalue weighted by atomic mass is 10.4. The molecule has 0 saturated heterocycles. The Hall–Kier alpha value is -0.0400. The summed E-state index contributed by atoms with van der Waals surface area (Å²) in [5.74, 6) is 0. The van der Waals surface area contributed by atoms with Crippen molar-refractivity contribution in [2.75, 3.05) is 6.54 Å². The van der Waals surface area contributed by atoms with Crippen molar-refractivity contribution in [2.24, 2.45) is 5.73 Å². The van der Waals surface area contributed by atoms with Gasteiger partial charge in [-0.3, -0.25) is 0 Å². The van der Waals surface area contributed by atoms with Gasteiger partial charge in [0.1, 0.15) is 4.90 Å². The van der Waals surface area contributed by atoms with E-state index in [9.17, 15) is 8.42 Å². The average molecular weight is 320 g/mol. The SMILES string of the molecule is C[C@@H](CN)NS(=O)(=O)c1c(Cl)cccc1Cl.Cl. The molecule has 4 nitrogen and oxygen atoms in total. The third kappa shape index (κ3) is 4.28. The van der Waals surface area contributed by atoms with Crippen LogP contribution in [0, 0.1) is 0 Å². The van der Waals surface area contributed by atoms with Crippen LogP contribution in [0.5, 0.6) is 0 Å². The molecule has 0 bridgehead atoms. The van der Waals surface area contributed by atoms with Crippen molar-refractivity contribution in [3.05, 3.63) is 28.2 Å². The standard InChI is InChI=1S/C9H12Cl2N2O2S.ClH/c1-6(5-12)13-16(14,15)9-7(10)3-2-4-8(9)11;/h2-4,6,13H,5,12H2,1H3;1H/t6-;/m0./s1. The van der Waals surface area contributed by atoms with E-state index in [2.05, 4.69) is 4.72 Å². The van der Waals surface area contributed by atoms with Crippen LogP contribution in [0.4, 0.5) is 0 Å². The van der Waals surface area contributed by atoms with Gasteiger partial charge in [0.05, 0.1) is 10.0 Å². The number of halogens is 3. The minimum Gasteiger partial charge on any atom is -0.329 e. The zero-order chi connectivity index (χ0) is 12.3. The van der Waals surface area contributed by atoms with E-state index in [0.29, 0.717) is 0 Å². The second kappa shape index (κ2) is 6.78. The summed E-state index contributed by atoms with van der Waals surface area (Å²) < 4.78 is 26.2. The van der Waals surface area contributed by atoms with Crippen molar-refractivity contribution >= 4 is 45.6 Å². The summed E-state index contributed by atoms with van der Waals surface area (Å²) in [4.78, 5) is -0.112. The third-order valence-electron chi connectivity index (χ3n) is 1.90. The van der Waals surface area contributed by atoms with Gasteiger partial charge in [-0.15, -0.1) is 12.4 Å². The Bertz CT molecular complexity index is 459. The molecule has 1 aromatic carbocycles. The van der Waals surface area contributed by atoms with Crippen molar-refractivity contribution < 1.29 is 8.42 Å². The molecule has 17 heavy (non-hydrogen) atoms. The molecule has 0 aliphatic heterocycles. The first-order valence-electron chi connectivity index (χ1n) is 4.55. The van der Waals surface area contributed by atoms with E-state index in [1.54, 1.807) is 13.0 Å². The number of hydrogen-bond acceptors (Lipinski definition) is 3. The summed E-state index contributed by atoms with van der Waals surface area (Å²) in [6.07, 6.45) is 0. The van der Waals surface area contributed by atoms with E-state index in [4.69, 9.17) is 28.9 Å². The summed E-state index contributed by atoms with van der Waals surface area (Å²) in [5, 5.41) is 0.174. The highest BCUT2D eigenvalue weighted by Gasteiger charge is 2.22. The Morgan fingerprint density at radius 2 is 1.82 bits per heavy atom. The predicted molar refractivity (Wildman–Crippen MR) is 72.5 cm³/mol. The quantitative estimate of drug-likeness (QED) is 0.892. The van der Waals surface area contributed by atoms with Gasteiger partial charge in [-0.05, 0) is 19.1 Å². The molecule has 0 aromatic heterocycles. The molecule has 0 unspecified atom stereocenters. The monoisotopic (exact) mass is 318 g/mol. The maximum Gasteiger partial charge on any atom is 0.243 e. The molecular weight excluding hydrogens is 307 g/mol. The van der Waals surface area contributed by atoms with E-state index < -0.39 is 10.0 Å². The van der Waals surface area contributed by atoms with Crippen molar-refractivity contribution in [1.29, 1.82) is 0 Å². The largest absolute Gasteiger partial charge is 0.329 e. The zero-order valence-electron chi connectivity index (χ0n) is 8.98. The fraction of sp³-hybridized carbons (Fsp3) is 0.333. The molecule has 1 rings (SSSR count). The molecule has 0 heterocycles. The van der Waals surface area contributed by atoms with Gasteiger partial charge in [-0.2, -0.15) is 0 Å². The molecule has 0 amide bonds. The number of benzene rings is 1. The minimum absolute atomic E-state index is 0. The molecule has 0 radical (unpaired) electrons. The summed E-state index contributed by atoms with van der Waals surface area (Å²) in [6.45, 7) is 1.85. The van der Waals surface area contributed by atoms with Crippen molar-refractivity contribution in [3.63, 3.8) is 0 Å². The Labute approximate surface area is 117 Å². The number of hydrogen-bond donors (Lipinski definition) is 2. The van der Waals surface area contributed by atoms with Crippen LogP contribution in [0.1, 0.15) is 6.92 Å². The van der Waals surface area contributed by atoms with Gasteiger partial charge >= 0.3 is 0 Å². The number of rotatable bonds is 4. The Balaban J connectivity index is 0.00000256. The lowest BCUT2D eigenvalue weighted by Gasteiger charge is -2.13. The van der Waals surface area contributed by atoms with Gasteiger partial charge in [0.25, 0.3) is 0 Å². The van der Waals surface area contributed by atoms with Crippen molar-refractivity contribution in [1.82, 2.24) is 4.72 Å². The average Bonchev–Trinajstić information content (AvgIpc) is 2.16. The van der Waals surface area contributed by atoms with Crippen LogP contribution >= 0.6 is 35.6 Å². The van der Waals surface area contributed by atoms with E-state index in [-0.39, 0.29) is 39.9 Å². The van der Waals surface area contributed by atoms with Crippen LogP contribution in [0.3, 0.4) is 0 Å². The van der Waals surface area contributed by atoms with Crippen LogP contribution in [0.2, 0.25) is 10.0 Å². The second-order valence-electron chi connectivity index (χ2n) is 3.31. The molecule has 1 aromatic rings. The lowest BCUT2D eigenvalue weighted by molar-refractivity contribution is 0.563. The molecule has 0 saturated carbocycles. The molecule has 1 atom stereocenters.